The van der Waals surface area contributed by atoms with E-state index in [0.29, 0.717) is 12.6 Å². The topological polar surface area (TPSA) is 33.3 Å². The molecule has 0 radical (unpaired) electrons. The maximum absolute atomic E-state index is 5.89. The van der Waals surface area contributed by atoms with Crippen LogP contribution >= 0.6 is 0 Å². The number of piperidine rings is 1. The second-order valence-electron chi connectivity index (χ2n) is 5.83. The van der Waals surface area contributed by atoms with Crippen molar-refractivity contribution in [3.05, 3.63) is 65.7 Å². The third-order valence-corrected chi connectivity index (χ3v) is 4.08. The van der Waals surface area contributed by atoms with Gasteiger partial charge in [0.2, 0.25) is 0 Å². The molecule has 1 saturated heterocycles. The minimum atomic E-state index is 0.617. The van der Waals surface area contributed by atoms with Crippen LogP contribution in [0, 0.1) is 0 Å². The monoisotopic (exact) mass is 296 g/mol. The van der Waals surface area contributed by atoms with E-state index < -0.39 is 0 Å². The van der Waals surface area contributed by atoms with Crippen molar-refractivity contribution < 1.29 is 4.74 Å². The van der Waals surface area contributed by atoms with Crippen molar-refractivity contribution in [1.29, 1.82) is 0 Å². The number of nitrogens with one attached hydrogen (secondary N) is 2. The molecule has 116 valence electrons. The first-order valence-corrected chi connectivity index (χ1v) is 8.10. The second-order valence-corrected chi connectivity index (χ2v) is 5.83. The van der Waals surface area contributed by atoms with E-state index in [9.17, 15) is 0 Å². The van der Waals surface area contributed by atoms with Gasteiger partial charge >= 0.3 is 0 Å². The van der Waals surface area contributed by atoms with Gasteiger partial charge in [-0.2, -0.15) is 0 Å². The lowest BCUT2D eigenvalue weighted by Gasteiger charge is -2.23. The van der Waals surface area contributed by atoms with Crippen LogP contribution in [0.2, 0.25) is 0 Å². The summed E-state index contributed by atoms with van der Waals surface area (Å²) in [6.07, 6.45) is 2.42. The molecule has 0 spiro atoms. The van der Waals surface area contributed by atoms with Gasteiger partial charge in [-0.1, -0.05) is 42.5 Å². The van der Waals surface area contributed by atoms with Gasteiger partial charge in [-0.05, 0) is 49.2 Å². The molecular weight excluding hydrogens is 272 g/mol. The summed E-state index contributed by atoms with van der Waals surface area (Å²) in [5.41, 5.74) is 2.48. The zero-order valence-electron chi connectivity index (χ0n) is 12.9. The molecule has 1 heterocycles. The molecule has 3 rings (SSSR count). The smallest absolute Gasteiger partial charge is 0.120 e. The van der Waals surface area contributed by atoms with Crippen LogP contribution in [0.1, 0.15) is 24.0 Å². The molecule has 0 saturated carbocycles. The van der Waals surface area contributed by atoms with E-state index in [-0.39, 0.29) is 0 Å². The third-order valence-electron chi connectivity index (χ3n) is 4.08. The average Bonchev–Trinajstić information content (AvgIpc) is 2.60. The summed E-state index contributed by atoms with van der Waals surface area (Å²) >= 11 is 0. The Labute approximate surface area is 132 Å². The molecule has 0 amide bonds. The molecule has 3 heteroatoms. The summed E-state index contributed by atoms with van der Waals surface area (Å²) < 4.78 is 5.89. The first kappa shape index (κ1) is 15.1. The van der Waals surface area contributed by atoms with Crippen molar-refractivity contribution in [3.8, 4) is 5.75 Å². The quantitative estimate of drug-likeness (QED) is 0.859. The van der Waals surface area contributed by atoms with E-state index in [1.807, 2.05) is 24.3 Å². The van der Waals surface area contributed by atoms with Crippen molar-refractivity contribution in [2.75, 3.05) is 13.1 Å². The normalized spacial score (nSPS) is 15.6. The molecule has 2 aromatic carbocycles. The van der Waals surface area contributed by atoms with Gasteiger partial charge in [0.25, 0.3) is 0 Å². The lowest BCUT2D eigenvalue weighted by atomic mass is 10.1. The summed E-state index contributed by atoms with van der Waals surface area (Å²) in [6.45, 7) is 3.77. The van der Waals surface area contributed by atoms with Crippen molar-refractivity contribution >= 4 is 0 Å². The van der Waals surface area contributed by atoms with E-state index >= 15 is 0 Å². The molecular formula is C19H24N2O. The van der Waals surface area contributed by atoms with Crippen molar-refractivity contribution in [2.24, 2.45) is 0 Å². The predicted molar refractivity (Wildman–Crippen MR) is 89.9 cm³/mol. The summed E-state index contributed by atoms with van der Waals surface area (Å²) in [5.74, 6) is 0.938. The van der Waals surface area contributed by atoms with Gasteiger partial charge in [0.1, 0.15) is 12.4 Å². The van der Waals surface area contributed by atoms with Crippen LogP contribution in [0.3, 0.4) is 0 Å². The van der Waals surface area contributed by atoms with Crippen LogP contribution in [0.5, 0.6) is 5.75 Å². The molecule has 0 atom stereocenters. The average molecular weight is 296 g/mol. The van der Waals surface area contributed by atoms with Crippen LogP contribution in [-0.4, -0.2) is 19.1 Å². The van der Waals surface area contributed by atoms with Crippen LogP contribution in [0.15, 0.2) is 54.6 Å². The first-order valence-electron chi connectivity index (χ1n) is 8.10. The molecule has 1 aliphatic heterocycles. The van der Waals surface area contributed by atoms with Crippen LogP contribution < -0.4 is 15.4 Å². The molecule has 2 aromatic rings. The lowest BCUT2D eigenvalue weighted by Crippen LogP contribution is -2.39. The number of benzene rings is 2. The molecule has 3 nitrogen and oxygen atoms in total. The van der Waals surface area contributed by atoms with E-state index in [2.05, 4.69) is 41.0 Å². The highest BCUT2D eigenvalue weighted by atomic mass is 16.5. The predicted octanol–water partition coefficient (Wildman–Crippen LogP) is 3.11. The molecule has 0 unspecified atom stereocenters. The summed E-state index contributed by atoms with van der Waals surface area (Å²) in [6, 6.07) is 19.3. The second kappa shape index (κ2) is 7.97. The number of hydrogen-bond donors (Lipinski definition) is 2. The molecule has 2 N–H and O–H groups in total. The molecule has 0 aromatic heterocycles. The van der Waals surface area contributed by atoms with Crippen molar-refractivity contribution in [1.82, 2.24) is 10.6 Å². The van der Waals surface area contributed by atoms with Gasteiger partial charge < -0.3 is 15.4 Å². The van der Waals surface area contributed by atoms with Gasteiger partial charge in [-0.15, -0.1) is 0 Å². The fourth-order valence-corrected chi connectivity index (χ4v) is 2.77. The van der Waals surface area contributed by atoms with Gasteiger partial charge in [-0.25, -0.2) is 0 Å². The van der Waals surface area contributed by atoms with E-state index in [1.54, 1.807) is 0 Å². The van der Waals surface area contributed by atoms with Crippen LogP contribution in [0.4, 0.5) is 0 Å². The number of rotatable bonds is 6. The highest BCUT2D eigenvalue weighted by Crippen LogP contribution is 2.15. The minimum absolute atomic E-state index is 0.617. The van der Waals surface area contributed by atoms with Gasteiger partial charge in [-0.3, -0.25) is 0 Å². The summed E-state index contributed by atoms with van der Waals surface area (Å²) in [4.78, 5) is 0. The van der Waals surface area contributed by atoms with Gasteiger partial charge in [0.15, 0.2) is 0 Å². The Morgan fingerprint density at radius 1 is 0.955 bits per heavy atom. The SMILES string of the molecule is c1ccc(COc2cccc(CNC3CCNCC3)c2)cc1. The van der Waals surface area contributed by atoms with Gasteiger partial charge in [0, 0.05) is 12.6 Å². The summed E-state index contributed by atoms with van der Waals surface area (Å²) in [5, 5.41) is 7.04. The highest BCUT2D eigenvalue weighted by molar-refractivity contribution is 5.29. The van der Waals surface area contributed by atoms with E-state index in [1.165, 1.54) is 24.0 Å². The fraction of sp³-hybridized carbons (Fsp3) is 0.368. The highest BCUT2D eigenvalue weighted by Gasteiger charge is 2.11. The molecule has 0 bridgehead atoms. The lowest BCUT2D eigenvalue weighted by molar-refractivity contribution is 0.305. The Kier molecular flexibility index (Phi) is 5.46. The molecule has 1 aliphatic rings. The standard InChI is InChI=1S/C19H24N2O/c1-2-5-16(6-3-1)15-22-19-8-4-7-17(13-19)14-21-18-9-11-20-12-10-18/h1-8,13,18,20-21H,9-12,14-15H2. The third kappa shape index (κ3) is 4.58. The van der Waals surface area contributed by atoms with Crippen LogP contribution in [0.25, 0.3) is 0 Å². The van der Waals surface area contributed by atoms with Crippen molar-refractivity contribution in [3.63, 3.8) is 0 Å². The molecule has 0 aliphatic carbocycles. The maximum Gasteiger partial charge on any atom is 0.120 e. The van der Waals surface area contributed by atoms with Gasteiger partial charge in [0.05, 0.1) is 0 Å². The Morgan fingerprint density at radius 2 is 1.73 bits per heavy atom. The summed E-state index contributed by atoms with van der Waals surface area (Å²) in [7, 11) is 0. The van der Waals surface area contributed by atoms with E-state index in [4.69, 9.17) is 4.74 Å². The maximum atomic E-state index is 5.89. The number of ether oxygens (including phenoxy) is 1. The number of hydrogen-bond acceptors (Lipinski definition) is 3. The van der Waals surface area contributed by atoms with E-state index in [0.717, 1.165) is 25.4 Å². The molecule has 1 fully saturated rings. The Hall–Kier alpha value is -1.84. The Balaban J connectivity index is 1.51. The fourth-order valence-electron chi connectivity index (χ4n) is 2.77. The van der Waals surface area contributed by atoms with Crippen LogP contribution in [-0.2, 0) is 13.2 Å². The van der Waals surface area contributed by atoms with Crippen molar-refractivity contribution in [2.45, 2.75) is 32.0 Å². The zero-order chi connectivity index (χ0) is 15.0. The first-order chi connectivity index (χ1) is 10.9. The minimum Gasteiger partial charge on any atom is -0.489 e. The Morgan fingerprint density at radius 3 is 2.55 bits per heavy atom. The molecule has 22 heavy (non-hydrogen) atoms. The zero-order valence-corrected chi connectivity index (χ0v) is 12.9. The largest absolute Gasteiger partial charge is 0.489 e. The Bertz CT molecular complexity index is 565.